The summed E-state index contributed by atoms with van der Waals surface area (Å²) in [5.74, 6) is -0.139. The number of fused-ring (bicyclic) bond motifs is 7. The molecule has 3 aromatic carbocycles. The molecule has 0 saturated heterocycles. The maximum absolute atomic E-state index is 13.5. The van der Waals surface area contributed by atoms with Gasteiger partial charge in [-0.2, -0.15) is 0 Å². The summed E-state index contributed by atoms with van der Waals surface area (Å²) in [5, 5.41) is 5.51. The van der Waals surface area contributed by atoms with Gasteiger partial charge in [0.15, 0.2) is 17.2 Å². The number of allylic oxidation sites excluding steroid dienone is 3. The minimum atomic E-state index is -1.35. The number of anilines is 3. The lowest BCUT2D eigenvalue weighted by Gasteiger charge is -2.36. The van der Waals surface area contributed by atoms with Crippen LogP contribution in [0.1, 0.15) is 62.4 Å². The Bertz CT molecular complexity index is 2670. The summed E-state index contributed by atoms with van der Waals surface area (Å²) in [6, 6.07) is 16.9. The molecule has 1 unspecified atom stereocenters. The quantitative estimate of drug-likeness (QED) is 0.111. The fourth-order valence-electron chi connectivity index (χ4n) is 7.58. The van der Waals surface area contributed by atoms with E-state index in [2.05, 4.69) is 20.6 Å². The first-order chi connectivity index (χ1) is 27.1. The van der Waals surface area contributed by atoms with Crippen LogP contribution in [0.2, 0.25) is 0 Å². The van der Waals surface area contributed by atoms with Crippen molar-refractivity contribution in [1.82, 2.24) is 35.1 Å². The van der Waals surface area contributed by atoms with Crippen molar-refractivity contribution in [2.45, 2.75) is 31.4 Å². The van der Waals surface area contributed by atoms with Gasteiger partial charge in [0, 0.05) is 70.1 Å². The summed E-state index contributed by atoms with van der Waals surface area (Å²) < 4.78 is 14.3. The molecule has 15 nitrogen and oxygen atoms in total. The predicted molar refractivity (Wildman–Crippen MR) is 207 cm³/mol. The SMILES string of the molecule is CCn1c(-c2nc(C3C=C(NC(=O)CNC(=O)c4ccc5c(c4)C(=O)OC54c5ccc(N)cc5Oc5cc(N)ccc54)C=CC3)cnc2N)nc2cnccc21. The van der Waals surface area contributed by atoms with Crippen molar-refractivity contribution in [1.29, 1.82) is 0 Å². The lowest BCUT2D eigenvalue weighted by Crippen LogP contribution is -2.36. The fraction of sp³-hybridized carbons (Fsp3) is 0.146. The fourth-order valence-corrected chi connectivity index (χ4v) is 7.58. The third kappa shape index (κ3) is 5.55. The van der Waals surface area contributed by atoms with Crippen LogP contribution in [0, 0.1) is 0 Å². The Morgan fingerprint density at radius 2 is 1.70 bits per heavy atom. The Morgan fingerprint density at radius 1 is 0.946 bits per heavy atom. The molecule has 15 heteroatoms. The van der Waals surface area contributed by atoms with Crippen molar-refractivity contribution in [3.63, 3.8) is 0 Å². The molecule has 6 aromatic rings. The van der Waals surface area contributed by atoms with Crippen molar-refractivity contribution < 1.29 is 23.9 Å². The number of aryl methyl sites for hydroxylation is 1. The smallest absolute Gasteiger partial charge is 0.340 e. The van der Waals surface area contributed by atoms with E-state index >= 15 is 0 Å². The molecule has 1 aliphatic carbocycles. The Morgan fingerprint density at radius 3 is 2.45 bits per heavy atom. The van der Waals surface area contributed by atoms with Crippen LogP contribution in [0.4, 0.5) is 17.2 Å². The zero-order valence-electron chi connectivity index (χ0n) is 29.9. The van der Waals surface area contributed by atoms with Crippen LogP contribution in [0.15, 0.2) is 103 Å². The molecule has 2 aliphatic heterocycles. The summed E-state index contributed by atoms with van der Waals surface area (Å²) in [7, 11) is 0. The molecule has 0 bridgehead atoms. The summed E-state index contributed by atoms with van der Waals surface area (Å²) >= 11 is 0. The molecule has 8 N–H and O–H groups in total. The van der Waals surface area contributed by atoms with Gasteiger partial charge in [-0.3, -0.25) is 14.6 Å². The Hall–Kier alpha value is -7.55. The van der Waals surface area contributed by atoms with Gasteiger partial charge in [0.05, 0.1) is 35.7 Å². The zero-order valence-corrected chi connectivity index (χ0v) is 29.9. The maximum atomic E-state index is 13.5. The van der Waals surface area contributed by atoms with Crippen LogP contribution in [-0.2, 0) is 21.7 Å². The first-order valence-corrected chi connectivity index (χ1v) is 17.9. The molecule has 2 amide bonds. The number of imidazole rings is 1. The van der Waals surface area contributed by atoms with E-state index < -0.39 is 23.4 Å². The Kier molecular flexibility index (Phi) is 8.00. The molecule has 1 spiro atoms. The molecule has 5 heterocycles. The second-order valence-corrected chi connectivity index (χ2v) is 13.6. The number of nitrogens with two attached hydrogens (primary N) is 3. The predicted octanol–water partition coefficient (Wildman–Crippen LogP) is 4.70. The topological polar surface area (TPSA) is 228 Å². The summed E-state index contributed by atoms with van der Waals surface area (Å²) in [5.41, 5.74) is 23.4. The van der Waals surface area contributed by atoms with E-state index in [-0.39, 0.29) is 29.4 Å². The number of hydrogen-bond acceptors (Lipinski definition) is 12. The van der Waals surface area contributed by atoms with E-state index in [9.17, 15) is 14.4 Å². The largest absolute Gasteiger partial charge is 0.456 e. The third-order valence-electron chi connectivity index (χ3n) is 10.2. The zero-order chi connectivity index (χ0) is 38.7. The van der Waals surface area contributed by atoms with E-state index in [1.807, 2.05) is 29.7 Å². The highest BCUT2D eigenvalue weighted by Gasteiger charge is 2.53. The first-order valence-electron chi connectivity index (χ1n) is 17.9. The van der Waals surface area contributed by atoms with Crippen LogP contribution in [0.5, 0.6) is 11.5 Å². The first kappa shape index (κ1) is 34.2. The van der Waals surface area contributed by atoms with Gasteiger partial charge in [-0.25, -0.2) is 19.7 Å². The monoisotopic (exact) mass is 746 g/mol. The molecule has 3 aromatic heterocycles. The summed E-state index contributed by atoms with van der Waals surface area (Å²) in [6.07, 6.45) is 11.3. The number of pyridine rings is 1. The average Bonchev–Trinajstić information content (AvgIpc) is 3.71. The van der Waals surface area contributed by atoms with Crippen molar-refractivity contribution >= 4 is 46.0 Å². The normalized spacial score (nSPS) is 16.0. The number of rotatable bonds is 7. The number of esters is 1. The summed E-state index contributed by atoms with van der Waals surface area (Å²) in [4.78, 5) is 58.2. The highest BCUT2D eigenvalue weighted by atomic mass is 16.6. The van der Waals surface area contributed by atoms with Crippen molar-refractivity contribution in [3.05, 3.63) is 137 Å². The van der Waals surface area contributed by atoms with Crippen LogP contribution >= 0.6 is 0 Å². The summed E-state index contributed by atoms with van der Waals surface area (Å²) in [6.45, 7) is 2.34. The number of benzene rings is 3. The number of carbonyl (C=O) groups is 3. The van der Waals surface area contributed by atoms with Gasteiger partial charge in [0.1, 0.15) is 22.7 Å². The highest BCUT2D eigenvalue weighted by Crippen LogP contribution is 2.56. The molecule has 0 fully saturated rings. The molecule has 1 atom stereocenters. The van der Waals surface area contributed by atoms with Gasteiger partial charge >= 0.3 is 5.97 Å². The van der Waals surface area contributed by atoms with E-state index in [1.54, 1.807) is 73.2 Å². The number of nitrogens with one attached hydrogen (secondary N) is 2. The van der Waals surface area contributed by atoms with Crippen molar-refractivity contribution in [2.24, 2.45) is 0 Å². The highest BCUT2D eigenvalue weighted by molar-refractivity contribution is 6.02. The molecule has 56 heavy (non-hydrogen) atoms. The van der Waals surface area contributed by atoms with Gasteiger partial charge in [-0.15, -0.1) is 0 Å². The average molecular weight is 747 g/mol. The van der Waals surface area contributed by atoms with Crippen molar-refractivity contribution in [2.75, 3.05) is 23.7 Å². The van der Waals surface area contributed by atoms with E-state index in [0.29, 0.717) is 75.4 Å². The van der Waals surface area contributed by atoms with Gasteiger partial charge in [-0.05, 0) is 61.9 Å². The van der Waals surface area contributed by atoms with E-state index in [1.165, 1.54) is 6.07 Å². The van der Waals surface area contributed by atoms with E-state index in [4.69, 9.17) is 36.6 Å². The van der Waals surface area contributed by atoms with Gasteiger partial charge in [-0.1, -0.05) is 18.2 Å². The second kappa shape index (κ2) is 13.1. The van der Waals surface area contributed by atoms with Gasteiger partial charge in [0.2, 0.25) is 5.91 Å². The second-order valence-electron chi connectivity index (χ2n) is 13.6. The van der Waals surface area contributed by atoms with Crippen LogP contribution in [-0.4, -0.2) is 48.8 Å². The number of nitrogen functional groups attached to an aromatic ring is 3. The lowest BCUT2D eigenvalue weighted by molar-refractivity contribution is -0.119. The lowest BCUT2D eigenvalue weighted by atomic mass is 9.77. The molecule has 9 rings (SSSR count). The number of carbonyl (C=O) groups excluding carboxylic acids is 3. The number of ether oxygens (including phenoxy) is 2. The molecule has 0 radical (unpaired) electrons. The number of hydrogen-bond donors (Lipinski definition) is 5. The van der Waals surface area contributed by atoms with Gasteiger partial charge in [0.25, 0.3) is 5.91 Å². The maximum Gasteiger partial charge on any atom is 0.340 e. The third-order valence-corrected chi connectivity index (χ3v) is 10.2. The standard InChI is InChI=1S/C41H34N10O5/c1-2-51-32-12-13-45-18-31(32)50-38(51)36-37(44)46-19-30(49-36)21-4-3-5-25(14-21)48-35(52)20-47-39(53)22-6-9-27-26(15-22)40(54)56-41(27)28-10-7-23(42)16-33(28)55-34-17-24(43)8-11-29(34)41/h3,5-19,21H,2,4,20,42-43H2,1H3,(H2,44,46)(H,47,53)(H,48,52). The minimum Gasteiger partial charge on any atom is -0.456 e. The Balaban J connectivity index is 0.911. The molecule has 278 valence electrons. The van der Waals surface area contributed by atoms with Crippen LogP contribution in [0.25, 0.3) is 22.6 Å². The van der Waals surface area contributed by atoms with Crippen molar-refractivity contribution in [3.8, 4) is 23.0 Å². The van der Waals surface area contributed by atoms with Crippen LogP contribution in [0.3, 0.4) is 0 Å². The Labute approximate surface area is 319 Å². The van der Waals surface area contributed by atoms with Gasteiger partial charge < -0.3 is 41.9 Å². The number of nitrogens with zero attached hydrogens (tertiary/aromatic N) is 5. The minimum absolute atomic E-state index is 0.176. The van der Waals surface area contributed by atoms with Crippen LogP contribution < -0.4 is 32.6 Å². The number of amides is 2. The van der Waals surface area contributed by atoms with E-state index in [0.717, 1.165) is 11.0 Å². The molecular weight excluding hydrogens is 713 g/mol. The molecular formula is C41H34N10O5. The molecule has 0 saturated carbocycles. The molecule has 3 aliphatic rings. The number of aromatic nitrogens is 5.